The summed E-state index contributed by atoms with van der Waals surface area (Å²) in [6.45, 7) is 10.2. The van der Waals surface area contributed by atoms with Crippen LogP contribution in [0.5, 0.6) is 0 Å². The number of hydrogen-bond acceptors (Lipinski definition) is 2. The summed E-state index contributed by atoms with van der Waals surface area (Å²) in [6.07, 6.45) is 3.86. The van der Waals surface area contributed by atoms with Gasteiger partial charge < -0.3 is 11.1 Å². The highest BCUT2D eigenvalue weighted by Crippen LogP contribution is 1.95. The van der Waals surface area contributed by atoms with Crippen LogP contribution in [0.15, 0.2) is 11.6 Å². The van der Waals surface area contributed by atoms with Crippen molar-refractivity contribution in [3.8, 4) is 0 Å². The van der Waals surface area contributed by atoms with Crippen molar-refractivity contribution in [1.29, 1.82) is 0 Å². The first-order chi connectivity index (χ1) is 6.59. The quantitative estimate of drug-likeness (QED) is 0.665. The monoisotopic (exact) mass is 200 g/mol. The molecule has 3 heteroatoms. The van der Waals surface area contributed by atoms with Gasteiger partial charge in [-0.3, -0.25) is 4.79 Å². The summed E-state index contributed by atoms with van der Waals surface area (Å²) >= 11 is 0. The van der Waals surface area contributed by atoms with Gasteiger partial charge >= 0.3 is 0 Å². The minimum Gasteiger partial charge on any atom is -0.366 e. The number of carbonyl (C=O) groups is 1. The number of nitrogens with two attached hydrogens (primary N) is 1. The Balaban J connectivity index is 0. The minimum atomic E-state index is -0.316. The molecule has 0 aliphatic carbocycles. The Labute approximate surface area is 87.8 Å². The summed E-state index contributed by atoms with van der Waals surface area (Å²) in [7, 11) is 0. The maximum absolute atomic E-state index is 10.4. The molecule has 0 spiro atoms. The zero-order chi connectivity index (χ0) is 11.4. The fraction of sp³-hybridized carbons (Fsp3) is 0.727. The largest absolute Gasteiger partial charge is 0.366 e. The van der Waals surface area contributed by atoms with Gasteiger partial charge in [-0.15, -0.1) is 0 Å². The number of carbonyl (C=O) groups excluding carboxylic acids is 1. The van der Waals surface area contributed by atoms with E-state index in [2.05, 4.69) is 26.1 Å². The van der Waals surface area contributed by atoms with Crippen molar-refractivity contribution in [2.45, 2.75) is 40.5 Å². The average molecular weight is 200 g/mol. The number of amides is 1. The lowest BCUT2D eigenvalue weighted by Gasteiger charge is -1.90. The van der Waals surface area contributed by atoms with Crippen molar-refractivity contribution in [2.24, 2.45) is 5.73 Å². The van der Waals surface area contributed by atoms with Crippen LogP contribution < -0.4 is 11.1 Å². The van der Waals surface area contributed by atoms with Crippen LogP contribution in [-0.2, 0) is 4.79 Å². The van der Waals surface area contributed by atoms with Gasteiger partial charge in [0.2, 0.25) is 5.91 Å². The Morgan fingerprint density at radius 2 is 1.79 bits per heavy atom. The van der Waals surface area contributed by atoms with Crippen molar-refractivity contribution in [1.82, 2.24) is 5.32 Å². The first-order valence-electron chi connectivity index (χ1n) is 5.27. The molecule has 14 heavy (non-hydrogen) atoms. The van der Waals surface area contributed by atoms with Crippen LogP contribution in [-0.4, -0.2) is 19.0 Å². The van der Waals surface area contributed by atoms with E-state index in [1.54, 1.807) is 6.92 Å². The molecular formula is C11H24N2O. The summed E-state index contributed by atoms with van der Waals surface area (Å²) in [5.41, 5.74) is 5.63. The predicted octanol–water partition coefficient (Wildman–Crippen LogP) is 1.83. The maximum atomic E-state index is 10.4. The lowest BCUT2D eigenvalue weighted by atomic mass is 10.2. The third-order valence-corrected chi connectivity index (χ3v) is 1.63. The third-order valence-electron chi connectivity index (χ3n) is 1.63. The van der Waals surface area contributed by atoms with Crippen LogP contribution in [0.25, 0.3) is 0 Å². The van der Waals surface area contributed by atoms with Crippen LogP contribution in [0, 0.1) is 0 Å². The summed E-state index contributed by atoms with van der Waals surface area (Å²) in [5.74, 6) is -0.316. The zero-order valence-electron chi connectivity index (χ0n) is 9.89. The number of hydrogen-bond donors (Lipinski definition) is 2. The summed E-state index contributed by atoms with van der Waals surface area (Å²) in [5, 5.41) is 3.11. The highest BCUT2D eigenvalue weighted by Gasteiger charge is 1.93. The summed E-state index contributed by atoms with van der Waals surface area (Å²) < 4.78 is 0. The van der Waals surface area contributed by atoms with Gasteiger partial charge in [-0.25, -0.2) is 0 Å². The van der Waals surface area contributed by atoms with E-state index in [1.165, 1.54) is 0 Å². The van der Waals surface area contributed by atoms with Crippen molar-refractivity contribution >= 4 is 5.91 Å². The average Bonchev–Trinajstić information content (AvgIpc) is 2.16. The topological polar surface area (TPSA) is 55.1 Å². The fourth-order valence-corrected chi connectivity index (χ4v) is 0.711. The van der Waals surface area contributed by atoms with Crippen molar-refractivity contribution in [3.63, 3.8) is 0 Å². The molecule has 0 fully saturated rings. The number of nitrogens with one attached hydrogen (secondary N) is 1. The van der Waals surface area contributed by atoms with E-state index in [-0.39, 0.29) is 5.91 Å². The number of unbranched alkanes of at least 4 members (excludes halogenated alkanes) is 1. The Morgan fingerprint density at radius 3 is 2.00 bits per heavy atom. The SMILES string of the molecule is CCCC=C(C)C(N)=O.CCNCC. The highest BCUT2D eigenvalue weighted by molar-refractivity contribution is 5.91. The van der Waals surface area contributed by atoms with Crippen LogP contribution >= 0.6 is 0 Å². The molecular weight excluding hydrogens is 176 g/mol. The van der Waals surface area contributed by atoms with Gasteiger partial charge in [0.25, 0.3) is 0 Å². The molecule has 0 aromatic carbocycles. The number of allylic oxidation sites excluding steroid dienone is 1. The molecule has 0 heterocycles. The van der Waals surface area contributed by atoms with E-state index in [0.29, 0.717) is 5.57 Å². The molecule has 0 saturated carbocycles. The molecule has 0 saturated heterocycles. The normalized spacial score (nSPS) is 10.4. The molecule has 0 aromatic rings. The van der Waals surface area contributed by atoms with Gasteiger partial charge in [0.15, 0.2) is 0 Å². The smallest absolute Gasteiger partial charge is 0.244 e. The minimum absolute atomic E-state index is 0.316. The number of primary amides is 1. The number of rotatable bonds is 5. The van der Waals surface area contributed by atoms with E-state index in [1.807, 2.05) is 6.08 Å². The first kappa shape index (κ1) is 15.6. The van der Waals surface area contributed by atoms with Crippen molar-refractivity contribution < 1.29 is 4.79 Å². The molecule has 0 aliphatic heterocycles. The molecule has 1 amide bonds. The summed E-state index contributed by atoms with van der Waals surface area (Å²) in [4.78, 5) is 10.4. The molecule has 3 N–H and O–H groups in total. The van der Waals surface area contributed by atoms with E-state index in [9.17, 15) is 4.79 Å². The molecule has 0 unspecified atom stereocenters. The van der Waals surface area contributed by atoms with Crippen LogP contribution in [0.4, 0.5) is 0 Å². The Bertz CT molecular complexity index is 163. The van der Waals surface area contributed by atoms with Gasteiger partial charge in [-0.05, 0) is 26.4 Å². The van der Waals surface area contributed by atoms with Crippen molar-refractivity contribution in [2.75, 3.05) is 13.1 Å². The maximum Gasteiger partial charge on any atom is 0.244 e. The molecule has 0 rings (SSSR count). The molecule has 3 nitrogen and oxygen atoms in total. The highest BCUT2D eigenvalue weighted by atomic mass is 16.1. The van der Waals surface area contributed by atoms with Gasteiger partial charge in [0.1, 0.15) is 0 Å². The van der Waals surface area contributed by atoms with Crippen LogP contribution in [0.2, 0.25) is 0 Å². The third kappa shape index (κ3) is 13.7. The molecule has 0 atom stereocenters. The molecule has 0 radical (unpaired) electrons. The zero-order valence-corrected chi connectivity index (χ0v) is 9.89. The standard InChI is InChI=1S/C7H13NO.C4H11N/c1-3-4-5-6(2)7(8)9;1-3-5-4-2/h5H,3-4H2,1-2H3,(H2,8,9);5H,3-4H2,1-2H3. The second kappa shape index (κ2) is 12.2. The van der Waals surface area contributed by atoms with E-state index < -0.39 is 0 Å². The summed E-state index contributed by atoms with van der Waals surface area (Å²) in [6, 6.07) is 0. The van der Waals surface area contributed by atoms with E-state index in [0.717, 1.165) is 25.9 Å². The fourth-order valence-electron chi connectivity index (χ4n) is 0.711. The van der Waals surface area contributed by atoms with Gasteiger partial charge in [0.05, 0.1) is 0 Å². The van der Waals surface area contributed by atoms with E-state index >= 15 is 0 Å². The second-order valence-corrected chi connectivity index (χ2v) is 3.00. The van der Waals surface area contributed by atoms with Crippen LogP contribution in [0.1, 0.15) is 40.5 Å². The Hall–Kier alpha value is -0.830. The van der Waals surface area contributed by atoms with Gasteiger partial charge in [0, 0.05) is 5.57 Å². The van der Waals surface area contributed by atoms with E-state index in [4.69, 9.17) is 5.73 Å². The van der Waals surface area contributed by atoms with Gasteiger partial charge in [-0.1, -0.05) is 33.3 Å². The van der Waals surface area contributed by atoms with Gasteiger partial charge in [-0.2, -0.15) is 0 Å². The second-order valence-electron chi connectivity index (χ2n) is 3.00. The molecule has 0 bridgehead atoms. The molecule has 0 aromatic heterocycles. The molecule has 84 valence electrons. The first-order valence-corrected chi connectivity index (χ1v) is 5.27. The lowest BCUT2D eigenvalue weighted by Crippen LogP contribution is -2.11. The van der Waals surface area contributed by atoms with Crippen molar-refractivity contribution in [3.05, 3.63) is 11.6 Å². The van der Waals surface area contributed by atoms with Crippen LogP contribution in [0.3, 0.4) is 0 Å². The lowest BCUT2D eigenvalue weighted by molar-refractivity contribution is -0.114. The predicted molar refractivity (Wildman–Crippen MR) is 62.1 cm³/mol. The Morgan fingerprint density at radius 1 is 1.29 bits per heavy atom. The molecule has 0 aliphatic rings. The Kier molecular flexibility index (Phi) is 13.6.